The Hall–Kier alpha value is -3.31. The maximum Gasteiger partial charge on any atom is 0.319 e. The number of halogens is 1. The van der Waals surface area contributed by atoms with Crippen LogP contribution in [-0.4, -0.2) is 57.9 Å². The summed E-state index contributed by atoms with van der Waals surface area (Å²) in [7, 11) is 1.71. The summed E-state index contributed by atoms with van der Waals surface area (Å²) in [5.74, 6) is -0.520. The van der Waals surface area contributed by atoms with Gasteiger partial charge < -0.3 is 20.3 Å². The fourth-order valence-electron chi connectivity index (χ4n) is 4.24. The zero-order chi connectivity index (χ0) is 23.7. The van der Waals surface area contributed by atoms with E-state index in [9.17, 15) is 14.0 Å². The largest absolute Gasteiger partial charge is 0.378 e. The molecule has 9 nitrogen and oxygen atoms in total. The van der Waals surface area contributed by atoms with Crippen molar-refractivity contribution in [1.82, 2.24) is 25.0 Å². The lowest BCUT2D eigenvalue weighted by Gasteiger charge is -2.26. The Kier molecular flexibility index (Phi) is 6.29. The monoisotopic (exact) mass is 484 g/mol. The Morgan fingerprint density at radius 3 is 2.74 bits per heavy atom. The highest BCUT2D eigenvalue weighted by atomic mass is 32.1. The summed E-state index contributed by atoms with van der Waals surface area (Å²) in [5.41, 5.74) is 2.39. The normalized spacial score (nSPS) is 17.8. The van der Waals surface area contributed by atoms with E-state index < -0.39 is 6.03 Å². The van der Waals surface area contributed by atoms with Gasteiger partial charge in [-0.15, -0.1) is 11.3 Å². The van der Waals surface area contributed by atoms with Gasteiger partial charge in [-0.3, -0.25) is 9.48 Å². The maximum atomic E-state index is 13.3. The molecule has 1 unspecified atom stereocenters. The minimum atomic E-state index is -0.404. The van der Waals surface area contributed by atoms with E-state index in [-0.39, 0.29) is 23.5 Å². The number of aromatic nitrogens is 3. The van der Waals surface area contributed by atoms with E-state index in [1.54, 1.807) is 30.3 Å². The highest BCUT2D eigenvalue weighted by Gasteiger charge is 2.28. The third-order valence-electron chi connectivity index (χ3n) is 5.92. The zero-order valence-electron chi connectivity index (χ0n) is 18.7. The SMILES string of the molecule is Cn1cc(NC(=O)NC2CCCc3nc(-c4ccc(F)cc4)sc32)c(C(=O)N2CCOCC2)n1. The van der Waals surface area contributed by atoms with Gasteiger partial charge in [0.2, 0.25) is 0 Å². The van der Waals surface area contributed by atoms with Crippen molar-refractivity contribution < 1.29 is 18.7 Å². The Balaban J connectivity index is 1.30. The van der Waals surface area contributed by atoms with Gasteiger partial charge in [0.25, 0.3) is 5.91 Å². The lowest BCUT2D eigenvalue weighted by atomic mass is 9.98. The highest BCUT2D eigenvalue weighted by Crippen LogP contribution is 2.38. The molecule has 1 fully saturated rings. The molecular weight excluding hydrogens is 459 g/mol. The second-order valence-corrected chi connectivity index (χ2v) is 9.38. The number of ether oxygens (including phenoxy) is 1. The number of fused-ring (bicyclic) bond motifs is 1. The lowest BCUT2D eigenvalue weighted by Crippen LogP contribution is -2.41. The lowest BCUT2D eigenvalue weighted by molar-refractivity contribution is 0.0299. The van der Waals surface area contributed by atoms with Gasteiger partial charge in [0.1, 0.15) is 10.8 Å². The van der Waals surface area contributed by atoms with Crippen LogP contribution in [-0.2, 0) is 18.2 Å². The van der Waals surface area contributed by atoms with Gasteiger partial charge in [0.15, 0.2) is 5.69 Å². The minimum Gasteiger partial charge on any atom is -0.378 e. The summed E-state index contributed by atoms with van der Waals surface area (Å²) >= 11 is 1.52. The van der Waals surface area contributed by atoms with Crippen molar-refractivity contribution in [2.45, 2.75) is 25.3 Å². The van der Waals surface area contributed by atoms with Gasteiger partial charge in [0, 0.05) is 31.9 Å². The summed E-state index contributed by atoms with van der Waals surface area (Å²) in [5, 5.41) is 10.9. The molecule has 0 saturated carbocycles. The van der Waals surface area contributed by atoms with Crippen LogP contribution in [0.15, 0.2) is 30.5 Å². The zero-order valence-corrected chi connectivity index (χ0v) is 19.5. The predicted molar refractivity (Wildman–Crippen MR) is 125 cm³/mol. The van der Waals surface area contributed by atoms with Crippen LogP contribution in [0.1, 0.15) is 39.9 Å². The molecular formula is C23H25FN6O3S. The predicted octanol–water partition coefficient (Wildman–Crippen LogP) is 3.35. The van der Waals surface area contributed by atoms with E-state index >= 15 is 0 Å². The molecule has 0 bridgehead atoms. The number of anilines is 1. The third kappa shape index (κ3) is 4.66. The van der Waals surface area contributed by atoms with Crippen LogP contribution in [0.2, 0.25) is 0 Å². The molecule has 3 aromatic rings. The second kappa shape index (κ2) is 9.51. The van der Waals surface area contributed by atoms with E-state index in [0.29, 0.717) is 32.0 Å². The number of aryl methyl sites for hydroxylation is 2. The number of nitrogens with zero attached hydrogens (tertiary/aromatic N) is 4. The van der Waals surface area contributed by atoms with E-state index in [0.717, 1.165) is 40.4 Å². The molecule has 1 aliphatic carbocycles. The summed E-state index contributed by atoms with van der Waals surface area (Å²) in [6.07, 6.45) is 4.16. The molecule has 5 rings (SSSR count). The van der Waals surface area contributed by atoms with E-state index in [2.05, 4.69) is 15.7 Å². The average Bonchev–Trinajstić information content (AvgIpc) is 3.43. The van der Waals surface area contributed by atoms with Crippen molar-refractivity contribution in [1.29, 1.82) is 0 Å². The number of hydrogen-bond acceptors (Lipinski definition) is 6. The van der Waals surface area contributed by atoms with Crippen LogP contribution in [0.3, 0.4) is 0 Å². The molecule has 1 aromatic carbocycles. The molecule has 3 heterocycles. The number of rotatable bonds is 4. The molecule has 1 atom stereocenters. The number of carbonyl (C=O) groups excluding carboxylic acids is 2. The Labute approximate surface area is 199 Å². The molecule has 2 N–H and O–H groups in total. The van der Waals surface area contributed by atoms with Crippen molar-refractivity contribution in [2.24, 2.45) is 7.05 Å². The van der Waals surface area contributed by atoms with Crippen LogP contribution in [0.4, 0.5) is 14.9 Å². The number of morpholine rings is 1. The van der Waals surface area contributed by atoms with Gasteiger partial charge >= 0.3 is 6.03 Å². The van der Waals surface area contributed by atoms with E-state index in [1.807, 2.05) is 0 Å². The number of urea groups is 1. The Morgan fingerprint density at radius 1 is 1.21 bits per heavy atom. The third-order valence-corrected chi connectivity index (χ3v) is 7.19. The number of amides is 3. The van der Waals surface area contributed by atoms with Crippen molar-refractivity contribution in [2.75, 3.05) is 31.6 Å². The maximum absolute atomic E-state index is 13.3. The molecule has 11 heteroatoms. The number of benzene rings is 1. The van der Waals surface area contributed by atoms with Crippen molar-refractivity contribution >= 4 is 29.0 Å². The smallest absolute Gasteiger partial charge is 0.319 e. The van der Waals surface area contributed by atoms with Gasteiger partial charge in [-0.25, -0.2) is 14.2 Å². The molecule has 1 saturated heterocycles. The van der Waals surface area contributed by atoms with Crippen molar-refractivity contribution in [3.63, 3.8) is 0 Å². The number of hydrogen-bond donors (Lipinski definition) is 2. The first-order chi connectivity index (χ1) is 16.5. The van der Waals surface area contributed by atoms with Crippen LogP contribution in [0.5, 0.6) is 0 Å². The van der Waals surface area contributed by atoms with Crippen LogP contribution >= 0.6 is 11.3 Å². The first kappa shape index (κ1) is 22.5. The number of thiazole rings is 1. The molecule has 3 amide bonds. The van der Waals surface area contributed by atoms with Crippen LogP contribution in [0.25, 0.3) is 10.6 Å². The van der Waals surface area contributed by atoms with Gasteiger partial charge in [-0.1, -0.05) is 0 Å². The summed E-state index contributed by atoms with van der Waals surface area (Å²) in [4.78, 5) is 33.2. The van der Waals surface area contributed by atoms with Crippen LogP contribution in [0, 0.1) is 5.82 Å². The highest BCUT2D eigenvalue weighted by molar-refractivity contribution is 7.15. The first-order valence-electron chi connectivity index (χ1n) is 11.2. The number of carbonyl (C=O) groups is 2. The van der Waals surface area contributed by atoms with Gasteiger partial charge in [-0.2, -0.15) is 5.10 Å². The quantitative estimate of drug-likeness (QED) is 0.592. The molecule has 0 spiro atoms. The molecule has 178 valence electrons. The fourth-order valence-corrected chi connectivity index (χ4v) is 5.45. The molecule has 2 aliphatic rings. The minimum absolute atomic E-state index is 0.189. The topological polar surface area (TPSA) is 101 Å². The molecule has 0 radical (unpaired) electrons. The standard InChI is InChI=1S/C23H25FN6O3S/c1-29-13-18(19(28-29)22(31)30-9-11-33-12-10-30)27-23(32)26-17-4-2-3-16-20(17)34-21(25-16)14-5-7-15(24)8-6-14/h5-8,13,17H,2-4,9-12H2,1H3,(H2,26,27,32). The average molecular weight is 485 g/mol. The van der Waals surface area contributed by atoms with Gasteiger partial charge in [0.05, 0.1) is 35.5 Å². The Morgan fingerprint density at radius 2 is 1.97 bits per heavy atom. The van der Waals surface area contributed by atoms with Gasteiger partial charge in [-0.05, 0) is 43.5 Å². The van der Waals surface area contributed by atoms with Crippen molar-refractivity contribution in [3.05, 3.63) is 52.5 Å². The molecule has 1 aliphatic heterocycles. The van der Waals surface area contributed by atoms with Crippen molar-refractivity contribution in [3.8, 4) is 10.6 Å². The first-order valence-corrected chi connectivity index (χ1v) is 12.0. The second-order valence-electron chi connectivity index (χ2n) is 8.35. The van der Waals surface area contributed by atoms with E-state index in [1.165, 1.54) is 28.2 Å². The fraction of sp³-hybridized carbons (Fsp3) is 0.391. The molecule has 2 aromatic heterocycles. The summed E-state index contributed by atoms with van der Waals surface area (Å²) in [6, 6.07) is 5.67. The summed E-state index contributed by atoms with van der Waals surface area (Å²) < 4.78 is 20.1. The number of nitrogens with one attached hydrogen (secondary N) is 2. The van der Waals surface area contributed by atoms with E-state index in [4.69, 9.17) is 9.72 Å². The Bertz CT molecular complexity index is 1200. The summed E-state index contributed by atoms with van der Waals surface area (Å²) in [6.45, 7) is 1.96. The molecule has 34 heavy (non-hydrogen) atoms. The van der Waals surface area contributed by atoms with Crippen LogP contribution < -0.4 is 10.6 Å².